The van der Waals surface area contributed by atoms with E-state index < -0.39 is 0 Å². The molecule has 0 aliphatic carbocycles. The Morgan fingerprint density at radius 3 is 2.81 bits per heavy atom. The number of hydrogen-bond donors (Lipinski definition) is 0. The van der Waals surface area contributed by atoms with Crippen LogP contribution < -0.4 is 4.74 Å². The summed E-state index contributed by atoms with van der Waals surface area (Å²) in [6, 6.07) is 1.77. The van der Waals surface area contributed by atoms with Crippen LogP contribution in [0.25, 0.3) is 0 Å². The number of pyridine rings is 1. The molecule has 0 radical (unpaired) electrons. The van der Waals surface area contributed by atoms with Crippen molar-refractivity contribution in [2.75, 3.05) is 33.5 Å². The molecule has 0 saturated heterocycles. The van der Waals surface area contributed by atoms with E-state index in [0.29, 0.717) is 37.7 Å². The Hall–Kier alpha value is -1.57. The summed E-state index contributed by atoms with van der Waals surface area (Å²) in [5.41, 5.74) is 0.706. The first kappa shape index (κ1) is 12.5. The molecular weight excluding hydrogens is 206 g/mol. The quantitative estimate of drug-likeness (QED) is 0.511. The molecule has 0 fully saturated rings. The Kier molecular flexibility index (Phi) is 6.00. The third-order valence-electron chi connectivity index (χ3n) is 1.81. The van der Waals surface area contributed by atoms with Crippen molar-refractivity contribution in [3.63, 3.8) is 0 Å². The normalized spacial score (nSPS) is 9.75. The van der Waals surface area contributed by atoms with Gasteiger partial charge in [-0.2, -0.15) is 0 Å². The molecule has 4 heteroatoms. The third-order valence-corrected chi connectivity index (χ3v) is 1.81. The van der Waals surface area contributed by atoms with Gasteiger partial charge in [-0.1, -0.05) is 5.92 Å². The summed E-state index contributed by atoms with van der Waals surface area (Å²) < 4.78 is 15.5. The summed E-state index contributed by atoms with van der Waals surface area (Å²) in [6.07, 6.45) is 8.48. The summed E-state index contributed by atoms with van der Waals surface area (Å²) in [7, 11) is 1.64. The molecular formula is C12H15NO3. The minimum atomic E-state index is 0.472. The van der Waals surface area contributed by atoms with Gasteiger partial charge in [-0.25, -0.2) is 0 Å². The van der Waals surface area contributed by atoms with Crippen LogP contribution in [-0.4, -0.2) is 38.5 Å². The molecule has 0 spiro atoms. The lowest BCUT2D eigenvalue weighted by Gasteiger charge is -2.06. The topological polar surface area (TPSA) is 40.6 Å². The molecule has 0 atom stereocenters. The number of hydrogen-bond acceptors (Lipinski definition) is 4. The largest absolute Gasteiger partial charge is 0.490 e. The van der Waals surface area contributed by atoms with Gasteiger partial charge >= 0.3 is 0 Å². The summed E-state index contributed by atoms with van der Waals surface area (Å²) in [4.78, 5) is 3.96. The number of methoxy groups -OCH3 is 1. The van der Waals surface area contributed by atoms with Crippen molar-refractivity contribution in [2.45, 2.75) is 0 Å². The highest BCUT2D eigenvalue weighted by atomic mass is 16.5. The summed E-state index contributed by atoms with van der Waals surface area (Å²) in [5.74, 6) is 3.15. The average molecular weight is 221 g/mol. The van der Waals surface area contributed by atoms with E-state index in [1.54, 1.807) is 25.6 Å². The molecule has 0 aliphatic heterocycles. The van der Waals surface area contributed by atoms with Gasteiger partial charge in [0.05, 0.1) is 26.0 Å². The fourth-order valence-electron chi connectivity index (χ4n) is 1.04. The van der Waals surface area contributed by atoms with Crippen molar-refractivity contribution in [3.05, 3.63) is 24.0 Å². The predicted octanol–water partition coefficient (Wildman–Crippen LogP) is 1.10. The number of rotatable bonds is 7. The van der Waals surface area contributed by atoms with Crippen LogP contribution in [0.3, 0.4) is 0 Å². The van der Waals surface area contributed by atoms with Crippen molar-refractivity contribution in [1.82, 2.24) is 4.98 Å². The van der Waals surface area contributed by atoms with Crippen LogP contribution in [0.1, 0.15) is 5.56 Å². The predicted molar refractivity (Wildman–Crippen MR) is 60.4 cm³/mol. The van der Waals surface area contributed by atoms with Crippen LogP contribution in [-0.2, 0) is 9.47 Å². The van der Waals surface area contributed by atoms with E-state index in [1.807, 2.05) is 0 Å². The fraction of sp³-hybridized carbons (Fsp3) is 0.417. The average Bonchev–Trinajstić information content (AvgIpc) is 2.34. The first-order valence-corrected chi connectivity index (χ1v) is 4.98. The van der Waals surface area contributed by atoms with Crippen LogP contribution in [0.2, 0.25) is 0 Å². The van der Waals surface area contributed by atoms with Crippen LogP contribution in [0, 0.1) is 12.3 Å². The van der Waals surface area contributed by atoms with Crippen molar-refractivity contribution >= 4 is 0 Å². The van der Waals surface area contributed by atoms with Crippen molar-refractivity contribution in [2.24, 2.45) is 0 Å². The van der Waals surface area contributed by atoms with E-state index in [0.717, 1.165) is 0 Å². The molecule has 0 aromatic carbocycles. The van der Waals surface area contributed by atoms with Gasteiger partial charge in [-0.15, -0.1) is 6.42 Å². The molecule has 0 bridgehead atoms. The molecule has 86 valence electrons. The monoisotopic (exact) mass is 221 g/mol. The van der Waals surface area contributed by atoms with Crippen LogP contribution in [0.15, 0.2) is 18.5 Å². The third kappa shape index (κ3) is 4.78. The molecule has 4 nitrogen and oxygen atoms in total. The molecule has 0 amide bonds. The Balaban J connectivity index is 2.19. The van der Waals surface area contributed by atoms with Gasteiger partial charge < -0.3 is 14.2 Å². The lowest BCUT2D eigenvalue weighted by Crippen LogP contribution is -2.10. The highest BCUT2D eigenvalue weighted by Gasteiger charge is 1.95. The highest BCUT2D eigenvalue weighted by Crippen LogP contribution is 2.09. The van der Waals surface area contributed by atoms with E-state index in [-0.39, 0.29) is 0 Å². The molecule has 1 rings (SSSR count). The number of ether oxygens (including phenoxy) is 3. The van der Waals surface area contributed by atoms with Crippen LogP contribution in [0.5, 0.6) is 5.75 Å². The van der Waals surface area contributed by atoms with E-state index in [4.69, 9.17) is 20.6 Å². The smallest absolute Gasteiger partial charge is 0.138 e. The van der Waals surface area contributed by atoms with Gasteiger partial charge in [0.25, 0.3) is 0 Å². The van der Waals surface area contributed by atoms with E-state index in [9.17, 15) is 0 Å². The van der Waals surface area contributed by atoms with Gasteiger partial charge in [0, 0.05) is 18.9 Å². The second-order valence-corrected chi connectivity index (χ2v) is 3.01. The fourth-order valence-corrected chi connectivity index (χ4v) is 1.04. The number of terminal acetylenes is 1. The van der Waals surface area contributed by atoms with Crippen LogP contribution in [0.4, 0.5) is 0 Å². The molecule has 0 unspecified atom stereocenters. The second-order valence-electron chi connectivity index (χ2n) is 3.01. The lowest BCUT2D eigenvalue weighted by molar-refractivity contribution is 0.0543. The minimum absolute atomic E-state index is 0.472. The Morgan fingerprint density at radius 1 is 1.25 bits per heavy atom. The zero-order chi connectivity index (χ0) is 11.6. The van der Waals surface area contributed by atoms with Gasteiger partial charge in [0.1, 0.15) is 12.4 Å². The van der Waals surface area contributed by atoms with Gasteiger partial charge in [0.15, 0.2) is 0 Å². The molecule has 0 N–H and O–H groups in total. The van der Waals surface area contributed by atoms with E-state index in [2.05, 4.69) is 10.9 Å². The van der Waals surface area contributed by atoms with E-state index >= 15 is 0 Å². The Bertz CT molecular complexity index is 346. The molecule has 16 heavy (non-hydrogen) atoms. The summed E-state index contributed by atoms with van der Waals surface area (Å²) in [6.45, 7) is 2.15. The van der Waals surface area contributed by atoms with Gasteiger partial charge in [-0.05, 0) is 6.07 Å². The van der Waals surface area contributed by atoms with Gasteiger partial charge in [0.2, 0.25) is 0 Å². The first-order chi connectivity index (χ1) is 7.86. The van der Waals surface area contributed by atoms with Crippen LogP contribution >= 0.6 is 0 Å². The molecule has 0 aliphatic rings. The van der Waals surface area contributed by atoms with Crippen molar-refractivity contribution < 1.29 is 14.2 Å². The maximum Gasteiger partial charge on any atom is 0.138 e. The molecule has 1 aromatic heterocycles. The standard InChI is InChI=1S/C12H15NO3/c1-3-11-8-12(10-13-9-11)16-7-6-15-5-4-14-2/h1,8-10H,4-7H2,2H3. The summed E-state index contributed by atoms with van der Waals surface area (Å²) in [5, 5.41) is 0. The van der Waals surface area contributed by atoms with Gasteiger partial charge in [-0.3, -0.25) is 4.98 Å². The zero-order valence-corrected chi connectivity index (χ0v) is 9.31. The highest BCUT2D eigenvalue weighted by molar-refractivity contribution is 5.34. The maximum absolute atomic E-state index is 5.40. The SMILES string of the molecule is C#Cc1cncc(OCCOCCOC)c1. The molecule has 0 saturated carbocycles. The molecule has 1 aromatic rings. The van der Waals surface area contributed by atoms with Crippen molar-refractivity contribution in [1.29, 1.82) is 0 Å². The summed E-state index contributed by atoms with van der Waals surface area (Å²) >= 11 is 0. The lowest BCUT2D eigenvalue weighted by atomic mass is 10.3. The number of aromatic nitrogens is 1. The Labute approximate surface area is 95.5 Å². The second kappa shape index (κ2) is 7.69. The Morgan fingerprint density at radius 2 is 2.06 bits per heavy atom. The van der Waals surface area contributed by atoms with Crippen molar-refractivity contribution in [3.8, 4) is 18.1 Å². The zero-order valence-electron chi connectivity index (χ0n) is 9.31. The maximum atomic E-state index is 5.40. The molecule has 1 heterocycles. The minimum Gasteiger partial charge on any atom is -0.490 e. The number of nitrogens with zero attached hydrogens (tertiary/aromatic N) is 1. The first-order valence-electron chi connectivity index (χ1n) is 4.98. The van der Waals surface area contributed by atoms with E-state index in [1.165, 1.54) is 0 Å².